The summed E-state index contributed by atoms with van der Waals surface area (Å²) in [6.07, 6.45) is 4.07. The van der Waals surface area contributed by atoms with E-state index in [9.17, 15) is 23.1 Å². The Bertz CT molecular complexity index is 977. The van der Waals surface area contributed by atoms with Gasteiger partial charge in [-0.2, -0.15) is 0 Å². The Hall–Kier alpha value is -2.33. The summed E-state index contributed by atoms with van der Waals surface area (Å²) < 4.78 is 41.4. The number of benzene rings is 1. The van der Waals surface area contributed by atoms with Crippen LogP contribution in [0.3, 0.4) is 0 Å². The Labute approximate surface area is 175 Å². The molecule has 3 atom stereocenters. The molecule has 160 valence electrons. The van der Waals surface area contributed by atoms with E-state index in [1.165, 1.54) is 11.8 Å². The monoisotopic (exact) mass is 438 g/mol. The Kier molecular flexibility index (Phi) is 5.88. The Morgan fingerprint density at radius 3 is 2.70 bits per heavy atom. The molecule has 10 heteroatoms. The predicted molar refractivity (Wildman–Crippen MR) is 105 cm³/mol. The van der Waals surface area contributed by atoms with Gasteiger partial charge in [-0.05, 0) is 37.1 Å². The smallest absolute Gasteiger partial charge is 0.404 e. The zero-order valence-electron chi connectivity index (χ0n) is 16.2. The Morgan fingerprint density at radius 2 is 1.97 bits per heavy atom. The van der Waals surface area contributed by atoms with E-state index in [4.69, 9.17) is 0 Å². The number of rotatable bonds is 4. The standard InChI is InChI=1S/C20H21F3N4O2S/c1-30-19-24-7-10-8-27(9-18(10)25-19)11-2-3-12(17(4-11)26-20(28)29)13-5-15(22)16(23)6-14(13)21/h5-7,11-12,17,26H,2-4,8-9H2,1H3,(H,28,29)/t11?,12-,17+/m1/s1. The molecule has 1 saturated carbocycles. The highest BCUT2D eigenvalue weighted by Crippen LogP contribution is 2.39. The van der Waals surface area contributed by atoms with Gasteiger partial charge in [0, 0.05) is 48.9 Å². The topological polar surface area (TPSA) is 78.4 Å². The normalized spacial score (nSPS) is 23.9. The first kappa shape index (κ1) is 20.9. The van der Waals surface area contributed by atoms with Crippen LogP contribution in [-0.2, 0) is 13.1 Å². The van der Waals surface area contributed by atoms with Crippen molar-refractivity contribution in [1.82, 2.24) is 20.2 Å². The molecule has 1 aromatic heterocycles. The molecule has 1 amide bonds. The van der Waals surface area contributed by atoms with Crippen LogP contribution in [-0.4, -0.2) is 44.4 Å². The third kappa shape index (κ3) is 4.11. The Balaban J connectivity index is 1.54. The highest BCUT2D eigenvalue weighted by molar-refractivity contribution is 7.98. The van der Waals surface area contributed by atoms with Gasteiger partial charge < -0.3 is 10.4 Å². The number of nitrogens with one attached hydrogen (secondary N) is 1. The lowest BCUT2D eigenvalue weighted by Gasteiger charge is -2.40. The van der Waals surface area contributed by atoms with Crippen molar-refractivity contribution in [3.05, 3.63) is 52.6 Å². The molecule has 0 spiro atoms. The summed E-state index contributed by atoms with van der Waals surface area (Å²) in [4.78, 5) is 22.4. The van der Waals surface area contributed by atoms with E-state index in [1.54, 1.807) is 0 Å². The van der Waals surface area contributed by atoms with Gasteiger partial charge in [-0.3, -0.25) is 4.90 Å². The fourth-order valence-electron chi connectivity index (χ4n) is 4.51. The summed E-state index contributed by atoms with van der Waals surface area (Å²) >= 11 is 1.47. The molecular weight excluding hydrogens is 417 g/mol. The van der Waals surface area contributed by atoms with Crippen molar-refractivity contribution >= 4 is 17.9 Å². The van der Waals surface area contributed by atoms with Gasteiger partial charge in [0.2, 0.25) is 0 Å². The third-order valence-electron chi connectivity index (χ3n) is 5.93. The van der Waals surface area contributed by atoms with Gasteiger partial charge in [0.25, 0.3) is 0 Å². The van der Waals surface area contributed by atoms with Gasteiger partial charge in [0.05, 0.1) is 5.69 Å². The van der Waals surface area contributed by atoms with E-state index >= 15 is 0 Å². The Morgan fingerprint density at radius 1 is 1.20 bits per heavy atom. The summed E-state index contributed by atoms with van der Waals surface area (Å²) in [6, 6.07) is 0.807. The molecule has 1 aliphatic heterocycles. The number of fused-ring (bicyclic) bond motifs is 1. The van der Waals surface area contributed by atoms with Crippen molar-refractivity contribution < 1.29 is 23.1 Å². The number of amides is 1. The van der Waals surface area contributed by atoms with E-state index in [2.05, 4.69) is 20.2 Å². The highest BCUT2D eigenvalue weighted by atomic mass is 32.2. The molecule has 2 N–H and O–H groups in total. The summed E-state index contributed by atoms with van der Waals surface area (Å²) in [6.45, 7) is 1.30. The maximum absolute atomic E-state index is 14.4. The summed E-state index contributed by atoms with van der Waals surface area (Å²) in [5.74, 6) is -3.82. The molecule has 0 radical (unpaired) electrons. The molecule has 1 aliphatic carbocycles. The number of carboxylic acid groups (broad SMARTS) is 1. The molecule has 1 fully saturated rings. The van der Waals surface area contributed by atoms with Crippen molar-refractivity contribution in [2.24, 2.45) is 0 Å². The lowest BCUT2D eigenvalue weighted by molar-refractivity contribution is 0.122. The first-order valence-corrected chi connectivity index (χ1v) is 10.8. The number of carbonyl (C=O) groups is 1. The van der Waals surface area contributed by atoms with Gasteiger partial charge >= 0.3 is 6.09 Å². The van der Waals surface area contributed by atoms with Gasteiger partial charge in [-0.1, -0.05) is 11.8 Å². The average molecular weight is 438 g/mol. The van der Waals surface area contributed by atoms with Crippen molar-refractivity contribution in [2.45, 2.75) is 55.5 Å². The molecule has 1 aromatic carbocycles. The number of halogens is 3. The molecule has 1 unspecified atom stereocenters. The van der Waals surface area contributed by atoms with E-state index in [1.807, 2.05) is 12.5 Å². The fraction of sp³-hybridized carbons (Fsp3) is 0.450. The molecule has 0 bridgehead atoms. The van der Waals surface area contributed by atoms with Crippen molar-refractivity contribution in [3.8, 4) is 0 Å². The predicted octanol–water partition coefficient (Wildman–Crippen LogP) is 3.90. The SMILES string of the molecule is CSc1ncc2c(n1)CN(C1CC[C@H](c3cc(F)c(F)cc3F)[C@@H](NC(=O)O)C1)C2. The second-order valence-corrected chi connectivity index (χ2v) is 8.42. The lowest BCUT2D eigenvalue weighted by atomic mass is 9.77. The minimum absolute atomic E-state index is 0.00582. The molecule has 0 saturated heterocycles. The molecule has 6 nitrogen and oxygen atoms in total. The molecule has 30 heavy (non-hydrogen) atoms. The fourth-order valence-corrected chi connectivity index (χ4v) is 4.87. The number of aromatic nitrogens is 2. The van der Waals surface area contributed by atoms with Crippen LogP contribution in [0, 0.1) is 17.5 Å². The zero-order valence-corrected chi connectivity index (χ0v) is 17.1. The van der Waals surface area contributed by atoms with Crippen molar-refractivity contribution in [2.75, 3.05) is 6.26 Å². The molecule has 2 heterocycles. The van der Waals surface area contributed by atoms with Gasteiger partial charge in [-0.25, -0.2) is 27.9 Å². The minimum atomic E-state index is -1.26. The third-order valence-corrected chi connectivity index (χ3v) is 6.49. The molecule has 2 aromatic rings. The second kappa shape index (κ2) is 8.43. The van der Waals surface area contributed by atoms with Crippen molar-refractivity contribution in [3.63, 3.8) is 0 Å². The van der Waals surface area contributed by atoms with Crippen LogP contribution in [0.25, 0.3) is 0 Å². The van der Waals surface area contributed by atoms with Crippen LogP contribution in [0.1, 0.15) is 42.0 Å². The largest absolute Gasteiger partial charge is 0.465 e. The summed E-state index contributed by atoms with van der Waals surface area (Å²) in [5, 5.41) is 12.4. The molecule has 4 rings (SSSR count). The van der Waals surface area contributed by atoms with Crippen LogP contribution in [0.15, 0.2) is 23.5 Å². The average Bonchev–Trinajstić information content (AvgIpc) is 3.13. The van der Waals surface area contributed by atoms with Gasteiger partial charge in [-0.15, -0.1) is 0 Å². The first-order valence-electron chi connectivity index (χ1n) is 9.62. The maximum atomic E-state index is 14.4. The number of thioether (sulfide) groups is 1. The molecule has 2 aliphatic rings. The van der Waals surface area contributed by atoms with E-state index < -0.39 is 35.5 Å². The summed E-state index contributed by atoms with van der Waals surface area (Å²) in [5.41, 5.74) is 2.02. The van der Waals surface area contributed by atoms with Crippen LogP contribution >= 0.6 is 11.8 Å². The van der Waals surface area contributed by atoms with Crippen LogP contribution < -0.4 is 5.32 Å². The van der Waals surface area contributed by atoms with Crippen LogP contribution in [0.4, 0.5) is 18.0 Å². The van der Waals surface area contributed by atoms with Gasteiger partial charge in [0.15, 0.2) is 16.8 Å². The number of hydrogen-bond acceptors (Lipinski definition) is 5. The molecular formula is C20H21F3N4O2S. The highest BCUT2D eigenvalue weighted by Gasteiger charge is 2.38. The quantitative estimate of drug-likeness (QED) is 0.428. The van der Waals surface area contributed by atoms with E-state index in [0.717, 1.165) is 17.3 Å². The van der Waals surface area contributed by atoms with E-state index in [-0.39, 0.29) is 11.6 Å². The second-order valence-electron chi connectivity index (χ2n) is 7.65. The number of nitrogens with zero attached hydrogens (tertiary/aromatic N) is 3. The zero-order chi connectivity index (χ0) is 21.4. The van der Waals surface area contributed by atoms with E-state index in [0.29, 0.717) is 43.6 Å². The van der Waals surface area contributed by atoms with Crippen LogP contribution in [0.2, 0.25) is 0 Å². The lowest BCUT2D eigenvalue weighted by Crippen LogP contribution is -2.48. The minimum Gasteiger partial charge on any atom is -0.465 e. The number of hydrogen-bond donors (Lipinski definition) is 2. The maximum Gasteiger partial charge on any atom is 0.404 e. The van der Waals surface area contributed by atoms with Crippen LogP contribution in [0.5, 0.6) is 0 Å². The summed E-state index contributed by atoms with van der Waals surface area (Å²) in [7, 11) is 0. The first-order chi connectivity index (χ1) is 14.4. The van der Waals surface area contributed by atoms with Crippen molar-refractivity contribution in [1.29, 1.82) is 0 Å². The van der Waals surface area contributed by atoms with Gasteiger partial charge in [0.1, 0.15) is 5.82 Å².